The molecular formula is C20H19ClN2O3. The van der Waals surface area contributed by atoms with Gasteiger partial charge in [0, 0.05) is 24.2 Å². The smallest absolute Gasteiger partial charge is 0.407 e. The van der Waals surface area contributed by atoms with Crippen molar-refractivity contribution in [2.45, 2.75) is 13.0 Å². The van der Waals surface area contributed by atoms with Gasteiger partial charge in [-0.05, 0) is 29.8 Å². The lowest BCUT2D eigenvalue weighted by molar-refractivity contribution is -0.113. The molecule has 0 aliphatic carbocycles. The average molecular weight is 371 g/mol. The Morgan fingerprint density at radius 1 is 1.04 bits per heavy atom. The molecule has 2 aromatic rings. The number of ether oxygens (including phenoxy) is 1. The number of hydrogen-bond donors (Lipinski definition) is 2. The van der Waals surface area contributed by atoms with E-state index in [0.29, 0.717) is 18.7 Å². The van der Waals surface area contributed by atoms with E-state index in [0.717, 1.165) is 11.1 Å². The summed E-state index contributed by atoms with van der Waals surface area (Å²) in [6.45, 7) is 0.648. The summed E-state index contributed by atoms with van der Waals surface area (Å²) in [5, 5.41) is 5.30. The van der Waals surface area contributed by atoms with E-state index < -0.39 is 6.09 Å². The Hall–Kier alpha value is -2.97. The highest BCUT2D eigenvalue weighted by atomic mass is 35.5. The summed E-state index contributed by atoms with van der Waals surface area (Å²) in [6.07, 6.45) is 0.0422. The van der Waals surface area contributed by atoms with Crippen molar-refractivity contribution in [2.24, 2.45) is 0 Å². The third-order valence-electron chi connectivity index (χ3n) is 3.25. The number of carbonyl (C=O) groups excluding carboxylic acids is 2. The summed E-state index contributed by atoms with van der Waals surface area (Å²) >= 11 is 5.43. The minimum Gasteiger partial charge on any atom is -0.445 e. The highest BCUT2D eigenvalue weighted by Gasteiger charge is 2.01. The number of anilines is 1. The monoisotopic (exact) mass is 370 g/mol. The molecule has 0 aliphatic heterocycles. The van der Waals surface area contributed by atoms with E-state index >= 15 is 0 Å². The number of alkyl carbamates (subject to hydrolysis) is 1. The lowest BCUT2D eigenvalue weighted by atomic mass is 10.2. The first-order valence-corrected chi connectivity index (χ1v) is 8.60. The second-order valence-electron chi connectivity index (χ2n) is 5.30. The summed E-state index contributed by atoms with van der Waals surface area (Å²) in [5.41, 5.74) is 2.43. The molecular weight excluding hydrogens is 352 g/mol. The topological polar surface area (TPSA) is 67.4 Å². The maximum atomic E-state index is 11.6. The number of amides is 2. The van der Waals surface area contributed by atoms with Crippen molar-refractivity contribution in [2.75, 3.05) is 17.7 Å². The van der Waals surface area contributed by atoms with Crippen LogP contribution in [-0.4, -0.2) is 24.4 Å². The van der Waals surface area contributed by atoms with Gasteiger partial charge in [-0.1, -0.05) is 42.2 Å². The number of hydrogen-bond acceptors (Lipinski definition) is 3. The van der Waals surface area contributed by atoms with Gasteiger partial charge in [-0.3, -0.25) is 4.79 Å². The van der Waals surface area contributed by atoms with E-state index in [1.54, 1.807) is 24.3 Å². The normalized spacial score (nSPS) is 9.58. The summed E-state index contributed by atoms with van der Waals surface area (Å²) < 4.78 is 5.10. The number of nitrogens with one attached hydrogen (secondary N) is 2. The van der Waals surface area contributed by atoms with E-state index in [9.17, 15) is 9.59 Å². The first-order chi connectivity index (χ1) is 12.7. The van der Waals surface area contributed by atoms with Gasteiger partial charge < -0.3 is 15.4 Å². The van der Waals surface area contributed by atoms with Gasteiger partial charge in [0.15, 0.2) is 0 Å². The molecule has 6 heteroatoms. The number of halogens is 1. The van der Waals surface area contributed by atoms with Crippen molar-refractivity contribution in [1.29, 1.82) is 0 Å². The van der Waals surface area contributed by atoms with Crippen molar-refractivity contribution < 1.29 is 14.3 Å². The van der Waals surface area contributed by atoms with Gasteiger partial charge in [0.05, 0.1) is 0 Å². The Balaban J connectivity index is 1.66. The third-order valence-corrected chi connectivity index (χ3v) is 3.50. The summed E-state index contributed by atoms with van der Waals surface area (Å²) in [4.78, 5) is 22.8. The zero-order valence-corrected chi connectivity index (χ0v) is 14.9. The van der Waals surface area contributed by atoms with E-state index in [4.69, 9.17) is 16.3 Å². The van der Waals surface area contributed by atoms with Crippen molar-refractivity contribution in [1.82, 2.24) is 5.32 Å². The van der Waals surface area contributed by atoms with Crippen LogP contribution in [-0.2, 0) is 16.1 Å². The van der Waals surface area contributed by atoms with Gasteiger partial charge in [-0.2, -0.15) is 0 Å². The van der Waals surface area contributed by atoms with Gasteiger partial charge in [-0.25, -0.2) is 4.79 Å². The Labute approximate surface area is 157 Å². The Morgan fingerprint density at radius 2 is 1.77 bits per heavy atom. The van der Waals surface area contributed by atoms with E-state index in [-0.39, 0.29) is 18.4 Å². The molecule has 5 nitrogen and oxygen atoms in total. The molecule has 2 amide bonds. The largest absolute Gasteiger partial charge is 0.445 e. The minimum absolute atomic E-state index is 0.0810. The molecule has 0 bridgehead atoms. The highest BCUT2D eigenvalue weighted by molar-refractivity contribution is 6.29. The summed E-state index contributed by atoms with van der Waals surface area (Å²) in [5.74, 6) is 5.63. The fraction of sp³-hybridized carbons (Fsp3) is 0.200. The number of benzene rings is 2. The van der Waals surface area contributed by atoms with Gasteiger partial charge in [0.2, 0.25) is 5.91 Å². The number of carbonyl (C=O) groups is 2. The molecule has 0 spiro atoms. The van der Waals surface area contributed by atoms with Crippen molar-refractivity contribution in [3.05, 3.63) is 65.7 Å². The van der Waals surface area contributed by atoms with E-state index in [2.05, 4.69) is 22.5 Å². The van der Waals surface area contributed by atoms with Crippen LogP contribution in [0.25, 0.3) is 0 Å². The lowest BCUT2D eigenvalue weighted by Crippen LogP contribution is -2.24. The van der Waals surface area contributed by atoms with Crippen LogP contribution in [0.4, 0.5) is 10.5 Å². The molecule has 0 heterocycles. The van der Waals surface area contributed by atoms with Crippen LogP contribution in [0, 0.1) is 11.8 Å². The van der Waals surface area contributed by atoms with E-state index in [1.807, 2.05) is 30.3 Å². The maximum absolute atomic E-state index is 11.6. The van der Waals surface area contributed by atoms with Crippen molar-refractivity contribution in [3.63, 3.8) is 0 Å². The molecule has 134 valence electrons. The summed E-state index contributed by atoms with van der Waals surface area (Å²) in [7, 11) is 0. The highest BCUT2D eigenvalue weighted by Crippen LogP contribution is 2.08. The second-order valence-corrected chi connectivity index (χ2v) is 5.57. The zero-order valence-electron chi connectivity index (χ0n) is 14.1. The van der Waals surface area contributed by atoms with Crippen LogP contribution in [0.15, 0.2) is 54.6 Å². The molecule has 0 fully saturated rings. The number of rotatable bonds is 6. The molecule has 0 aromatic heterocycles. The quantitative estimate of drug-likeness (QED) is 0.464. The van der Waals surface area contributed by atoms with Gasteiger partial charge in [0.25, 0.3) is 0 Å². The van der Waals surface area contributed by atoms with Crippen LogP contribution in [0.2, 0.25) is 0 Å². The van der Waals surface area contributed by atoms with E-state index in [1.165, 1.54) is 0 Å². The van der Waals surface area contributed by atoms with Gasteiger partial charge in [0.1, 0.15) is 12.5 Å². The number of alkyl halides is 1. The zero-order chi connectivity index (χ0) is 18.6. The Bertz CT molecular complexity index is 780. The van der Waals surface area contributed by atoms with Crippen LogP contribution < -0.4 is 10.6 Å². The SMILES string of the molecule is O=C(CCl)Nc1ccc(C#CCCNC(=O)OCc2ccccc2)cc1. The third kappa shape index (κ3) is 7.29. The molecule has 2 N–H and O–H groups in total. The maximum Gasteiger partial charge on any atom is 0.407 e. The average Bonchev–Trinajstić information content (AvgIpc) is 2.68. The van der Waals surface area contributed by atoms with Gasteiger partial charge >= 0.3 is 6.09 Å². The fourth-order valence-corrected chi connectivity index (χ4v) is 2.06. The van der Waals surface area contributed by atoms with Crippen LogP contribution in [0.3, 0.4) is 0 Å². The Morgan fingerprint density at radius 3 is 2.46 bits per heavy atom. The molecule has 0 atom stereocenters. The molecule has 0 saturated heterocycles. The predicted molar refractivity (Wildman–Crippen MR) is 102 cm³/mol. The first kappa shape index (κ1) is 19.4. The molecule has 0 unspecified atom stereocenters. The van der Waals surface area contributed by atoms with Gasteiger partial charge in [-0.15, -0.1) is 11.6 Å². The minimum atomic E-state index is -0.463. The molecule has 0 aliphatic rings. The van der Waals surface area contributed by atoms with Crippen molar-refractivity contribution >= 4 is 29.3 Å². The van der Waals surface area contributed by atoms with Crippen molar-refractivity contribution in [3.8, 4) is 11.8 Å². The molecule has 26 heavy (non-hydrogen) atoms. The molecule has 0 saturated carbocycles. The first-order valence-electron chi connectivity index (χ1n) is 8.06. The van der Waals surface area contributed by atoms with Crippen LogP contribution in [0.5, 0.6) is 0 Å². The van der Waals surface area contributed by atoms with Crippen LogP contribution in [0.1, 0.15) is 17.5 Å². The second kappa shape index (κ2) is 10.8. The molecule has 0 radical (unpaired) electrons. The summed E-state index contributed by atoms with van der Waals surface area (Å²) in [6, 6.07) is 16.6. The Kier molecular flexibility index (Phi) is 8.04. The lowest BCUT2D eigenvalue weighted by Gasteiger charge is -2.05. The molecule has 2 rings (SSSR count). The standard InChI is InChI=1S/C20H19ClN2O3/c21-14-19(24)23-18-11-9-16(10-12-18)6-4-5-13-22-20(25)26-15-17-7-2-1-3-8-17/h1-3,7-12H,5,13-15H2,(H,22,25)(H,23,24). The molecule has 2 aromatic carbocycles. The van der Waals surface area contributed by atoms with Crippen LogP contribution >= 0.6 is 11.6 Å². The fourth-order valence-electron chi connectivity index (χ4n) is 2.00. The predicted octanol–water partition coefficient (Wildman–Crippen LogP) is 3.53.